The lowest BCUT2D eigenvalue weighted by Gasteiger charge is -1.99. The van der Waals surface area contributed by atoms with Crippen LogP contribution in [0.15, 0.2) is 15.7 Å². The molecule has 0 unspecified atom stereocenters. The van der Waals surface area contributed by atoms with Crippen LogP contribution in [0.1, 0.15) is 11.5 Å². The van der Waals surface area contributed by atoms with Crippen molar-refractivity contribution in [3.63, 3.8) is 0 Å². The average Bonchev–Trinajstić information content (AvgIpc) is 2.86. The summed E-state index contributed by atoms with van der Waals surface area (Å²) in [4.78, 5) is 10.4. The quantitative estimate of drug-likeness (QED) is 0.755. The molecule has 2 aromatic rings. The largest absolute Gasteiger partial charge is 0.481 e. The molecule has 1 N–H and O–H groups in total. The number of tetrazole rings is 1. The van der Waals surface area contributed by atoms with Gasteiger partial charge in [-0.3, -0.25) is 4.79 Å². The maximum Gasteiger partial charge on any atom is 0.313 e. The summed E-state index contributed by atoms with van der Waals surface area (Å²) in [5.74, 6) is -0.298. The van der Waals surface area contributed by atoms with Crippen LogP contribution in [-0.2, 0) is 11.3 Å². The molecule has 17 heavy (non-hydrogen) atoms. The van der Waals surface area contributed by atoms with Gasteiger partial charge in [-0.25, -0.2) is 4.68 Å². The van der Waals surface area contributed by atoms with Crippen molar-refractivity contribution >= 4 is 17.7 Å². The van der Waals surface area contributed by atoms with Crippen LogP contribution in [0.3, 0.4) is 0 Å². The molecule has 2 rings (SSSR count). The lowest BCUT2D eigenvalue weighted by molar-refractivity contribution is -0.133. The Hall–Kier alpha value is -1.90. The second-order valence-electron chi connectivity index (χ2n) is 3.23. The summed E-state index contributed by atoms with van der Waals surface area (Å²) in [6, 6.07) is 1.77. The zero-order valence-corrected chi connectivity index (χ0v) is 9.72. The number of aliphatic carboxylic acids is 1. The molecule has 0 bridgehead atoms. The van der Waals surface area contributed by atoms with E-state index < -0.39 is 5.97 Å². The van der Waals surface area contributed by atoms with Crippen LogP contribution in [0, 0.1) is 6.92 Å². The predicted molar refractivity (Wildman–Crippen MR) is 56.5 cm³/mol. The molecule has 2 heterocycles. The summed E-state index contributed by atoms with van der Waals surface area (Å²) in [6.07, 6.45) is 0. The van der Waals surface area contributed by atoms with E-state index in [1.165, 1.54) is 4.68 Å². The summed E-state index contributed by atoms with van der Waals surface area (Å²) in [5, 5.41) is 23.8. The maximum atomic E-state index is 10.4. The molecule has 0 fully saturated rings. The molecular weight excluding hydrogens is 246 g/mol. The van der Waals surface area contributed by atoms with E-state index in [0.717, 1.165) is 11.8 Å². The first-order chi connectivity index (χ1) is 8.15. The molecule has 9 heteroatoms. The van der Waals surface area contributed by atoms with Gasteiger partial charge in [-0.05, 0) is 17.4 Å². The number of carbonyl (C=O) groups is 1. The van der Waals surface area contributed by atoms with E-state index in [-0.39, 0.29) is 5.75 Å². The molecule has 90 valence electrons. The number of hydrogen-bond acceptors (Lipinski definition) is 7. The summed E-state index contributed by atoms with van der Waals surface area (Å²) >= 11 is 1.06. The van der Waals surface area contributed by atoms with Gasteiger partial charge in [0.15, 0.2) is 0 Å². The van der Waals surface area contributed by atoms with E-state index in [4.69, 9.17) is 9.63 Å². The molecule has 0 aliphatic rings. The Morgan fingerprint density at radius 2 is 2.47 bits per heavy atom. The molecule has 0 aliphatic heterocycles. The smallest absolute Gasteiger partial charge is 0.313 e. The molecule has 8 nitrogen and oxygen atoms in total. The van der Waals surface area contributed by atoms with E-state index in [1.54, 1.807) is 13.0 Å². The summed E-state index contributed by atoms with van der Waals surface area (Å²) in [5.41, 5.74) is 0.687. The lowest BCUT2D eigenvalue weighted by Crippen LogP contribution is -2.06. The van der Waals surface area contributed by atoms with Crippen LogP contribution < -0.4 is 0 Å². The van der Waals surface area contributed by atoms with Gasteiger partial charge in [0, 0.05) is 6.07 Å². The van der Waals surface area contributed by atoms with Crippen LogP contribution in [0.2, 0.25) is 0 Å². The van der Waals surface area contributed by atoms with Gasteiger partial charge in [0.2, 0.25) is 5.16 Å². The van der Waals surface area contributed by atoms with E-state index in [0.29, 0.717) is 23.2 Å². The van der Waals surface area contributed by atoms with E-state index in [1.807, 2.05) is 0 Å². The fourth-order valence-electron chi connectivity index (χ4n) is 1.17. The number of carboxylic acids is 1. The van der Waals surface area contributed by atoms with Crippen LogP contribution in [0.4, 0.5) is 0 Å². The summed E-state index contributed by atoms with van der Waals surface area (Å²) in [7, 11) is 0. The van der Waals surface area contributed by atoms with Gasteiger partial charge in [0.25, 0.3) is 0 Å². The Labute approximate surface area is 100.0 Å². The number of carboxylic acid groups (broad SMARTS) is 1. The second kappa shape index (κ2) is 4.95. The molecule has 0 atom stereocenters. The molecule has 0 amide bonds. The minimum atomic E-state index is -0.915. The molecule has 0 radical (unpaired) electrons. The fraction of sp³-hybridized carbons (Fsp3) is 0.375. The predicted octanol–water partition coefficient (Wildman–Crippen LogP) is 0.195. The van der Waals surface area contributed by atoms with Gasteiger partial charge in [0.05, 0.1) is 12.3 Å². The van der Waals surface area contributed by atoms with Crippen LogP contribution >= 0.6 is 11.8 Å². The van der Waals surface area contributed by atoms with Gasteiger partial charge >= 0.3 is 5.97 Å². The van der Waals surface area contributed by atoms with Gasteiger partial charge < -0.3 is 9.63 Å². The van der Waals surface area contributed by atoms with Crippen LogP contribution in [-0.4, -0.2) is 42.2 Å². The lowest BCUT2D eigenvalue weighted by atomic mass is 10.4. The first kappa shape index (κ1) is 11.6. The van der Waals surface area contributed by atoms with Crippen molar-refractivity contribution in [2.45, 2.75) is 18.6 Å². The second-order valence-corrected chi connectivity index (χ2v) is 4.17. The van der Waals surface area contributed by atoms with Gasteiger partial charge in [0.1, 0.15) is 11.5 Å². The average molecular weight is 255 g/mol. The molecule has 0 saturated carbocycles. The Kier molecular flexibility index (Phi) is 3.38. The first-order valence-electron chi connectivity index (χ1n) is 4.68. The van der Waals surface area contributed by atoms with Gasteiger partial charge in [-0.15, -0.1) is 5.10 Å². The first-order valence-corrected chi connectivity index (χ1v) is 5.66. The minimum absolute atomic E-state index is 0.0851. The Balaban J connectivity index is 2.06. The Morgan fingerprint density at radius 3 is 3.12 bits per heavy atom. The standard InChI is InChI=1S/C8H9N5O3S/c1-5-2-6(10-16-5)3-13-8(9-11-12-13)17-4-7(14)15/h2H,3-4H2,1H3,(H,14,15). The zero-order chi connectivity index (χ0) is 12.3. The number of hydrogen-bond donors (Lipinski definition) is 1. The van der Waals surface area contributed by atoms with Crippen molar-refractivity contribution in [1.82, 2.24) is 25.4 Å². The van der Waals surface area contributed by atoms with E-state index in [9.17, 15) is 4.79 Å². The third-order valence-electron chi connectivity index (χ3n) is 1.81. The molecular formula is C8H9N5O3S. The summed E-state index contributed by atoms with van der Waals surface area (Å²) in [6.45, 7) is 2.14. The van der Waals surface area contributed by atoms with Crippen molar-refractivity contribution in [2.75, 3.05) is 5.75 Å². The normalized spacial score (nSPS) is 10.6. The van der Waals surface area contributed by atoms with Crippen molar-refractivity contribution in [1.29, 1.82) is 0 Å². The maximum absolute atomic E-state index is 10.4. The van der Waals surface area contributed by atoms with E-state index in [2.05, 4.69) is 20.7 Å². The minimum Gasteiger partial charge on any atom is -0.481 e. The number of aryl methyl sites for hydroxylation is 1. The van der Waals surface area contributed by atoms with E-state index >= 15 is 0 Å². The zero-order valence-electron chi connectivity index (χ0n) is 8.90. The fourth-order valence-corrected chi connectivity index (χ4v) is 1.77. The van der Waals surface area contributed by atoms with Crippen molar-refractivity contribution in [3.05, 3.63) is 17.5 Å². The highest BCUT2D eigenvalue weighted by Crippen LogP contribution is 2.14. The Bertz CT molecular complexity index is 523. The van der Waals surface area contributed by atoms with Crippen molar-refractivity contribution in [2.24, 2.45) is 0 Å². The topological polar surface area (TPSA) is 107 Å². The SMILES string of the molecule is Cc1cc(Cn2nnnc2SCC(=O)O)no1. The van der Waals surface area contributed by atoms with Crippen LogP contribution in [0.5, 0.6) is 0 Å². The number of rotatable bonds is 5. The third kappa shape index (κ3) is 3.03. The van der Waals surface area contributed by atoms with Crippen LogP contribution in [0.25, 0.3) is 0 Å². The molecule has 0 spiro atoms. The number of thioether (sulfide) groups is 1. The monoisotopic (exact) mass is 255 g/mol. The summed E-state index contributed by atoms with van der Waals surface area (Å²) < 4.78 is 6.40. The molecule has 0 aliphatic carbocycles. The highest BCUT2D eigenvalue weighted by atomic mass is 32.2. The molecule has 0 saturated heterocycles. The van der Waals surface area contributed by atoms with Crippen molar-refractivity contribution < 1.29 is 14.4 Å². The molecule has 2 aromatic heterocycles. The van der Waals surface area contributed by atoms with Crippen molar-refractivity contribution in [3.8, 4) is 0 Å². The van der Waals surface area contributed by atoms with Gasteiger partial charge in [-0.1, -0.05) is 16.9 Å². The third-order valence-corrected chi connectivity index (χ3v) is 2.75. The highest BCUT2D eigenvalue weighted by molar-refractivity contribution is 7.99. The van der Waals surface area contributed by atoms with Gasteiger partial charge in [-0.2, -0.15) is 0 Å². The number of nitrogens with zero attached hydrogens (tertiary/aromatic N) is 5. The number of aromatic nitrogens is 5. The Morgan fingerprint density at radius 1 is 1.65 bits per heavy atom. The highest BCUT2D eigenvalue weighted by Gasteiger charge is 2.11. The molecule has 0 aromatic carbocycles.